The topological polar surface area (TPSA) is 27.7 Å². The third kappa shape index (κ3) is 15.5. The second kappa shape index (κ2) is 23.8. The van der Waals surface area contributed by atoms with Crippen LogP contribution in [-0.4, -0.2) is 34.5 Å². The molecule has 0 aliphatic carbocycles. The van der Waals surface area contributed by atoms with E-state index >= 15 is 0 Å². The Hall–Kier alpha value is 0.387. The van der Waals surface area contributed by atoms with E-state index in [2.05, 4.69) is 13.8 Å². The second-order valence-electron chi connectivity index (χ2n) is 10.3. The zero-order chi connectivity index (χ0) is 25.4. The summed E-state index contributed by atoms with van der Waals surface area (Å²) in [5, 5.41) is -0.105. The van der Waals surface area contributed by atoms with Gasteiger partial charge in [-0.3, -0.25) is 0 Å². The van der Waals surface area contributed by atoms with Crippen molar-refractivity contribution >= 4 is 20.4 Å². The lowest BCUT2D eigenvalue weighted by Crippen LogP contribution is -2.56. The van der Waals surface area contributed by atoms with Crippen molar-refractivity contribution in [2.24, 2.45) is 0 Å². The Morgan fingerprint density at radius 1 is 0.500 bits per heavy atom. The van der Waals surface area contributed by atoms with Crippen LogP contribution in [0.4, 0.5) is 0 Å². The molecule has 0 N–H and O–H groups in total. The van der Waals surface area contributed by atoms with Crippen molar-refractivity contribution in [3.8, 4) is 0 Å². The minimum atomic E-state index is -2.77. The predicted molar refractivity (Wildman–Crippen MR) is 153 cm³/mol. The fraction of sp³-hybridized carbons (Fsp3) is 1.00. The van der Waals surface area contributed by atoms with E-state index in [0.29, 0.717) is 25.7 Å². The molecule has 0 saturated carbocycles. The highest BCUT2D eigenvalue weighted by molar-refractivity contribution is 6.64. The first kappa shape index (κ1) is 34.4. The first-order valence-electron chi connectivity index (χ1n) is 15.0. The smallest absolute Gasteiger partial charge is 0.373 e. The van der Waals surface area contributed by atoms with Crippen molar-refractivity contribution in [3.05, 3.63) is 0 Å². The van der Waals surface area contributed by atoms with Crippen molar-refractivity contribution in [1.82, 2.24) is 0 Å². The van der Waals surface area contributed by atoms with Crippen molar-refractivity contribution < 1.29 is 13.3 Å². The van der Waals surface area contributed by atoms with E-state index in [1.165, 1.54) is 109 Å². The standard InChI is InChI=1S/C29H61ClO3Si/c1-6-10-11-12-13-14-15-16-17-18-19-20-21-22-23-24-25-26-29(5,27-28-30)34(31-7-2,32-8-3)33-9-4/h6-28H2,1-5H3. The van der Waals surface area contributed by atoms with Gasteiger partial charge in [0.15, 0.2) is 0 Å². The number of hydrogen-bond acceptors (Lipinski definition) is 3. The van der Waals surface area contributed by atoms with Crippen LogP contribution in [0.25, 0.3) is 0 Å². The summed E-state index contributed by atoms with van der Waals surface area (Å²) < 4.78 is 18.7. The van der Waals surface area contributed by atoms with E-state index in [1.807, 2.05) is 20.8 Å². The molecule has 0 saturated heterocycles. The van der Waals surface area contributed by atoms with Crippen LogP contribution in [0.15, 0.2) is 0 Å². The van der Waals surface area contributed by atoms with Gasteiger partial charge in [0.25, 0.3) is 0 Å². The average Bonchev–Trinajstić information content (AvgIpc) is 2.81. The van der Waals surface area contributed by atoms with E-state index in [0.717, 1.165) is 12.8 Å². The van der Waals surface area contributed by atoms with Gasteiger partial charge in [-0.25, -0.2) is 0 Å². The fourth-order valence-electron chi connectivity index (χ4n) is 5.10. The number of hydrogen-bond donors (Lipinski definition) is 0. The van der Waals surface area contributed by atoms with Gasteiger partial charge in [-0.2, -0.15) is 0 Å². The van der Waals surface area contributed by atoms with E-state index in [1.54, 1.807) is 0 Å². The number of rotatable bonds is 27. The molecule has 0 aliphatic heterocycles. The third-order valence-corrected chi connectivity index (χ3v) is 11.4. The minimum Gasteiger partial charge on any atom is -0.373 e. The van der Waals surface area contributed by atoms with Crippen LogP contribution < -0.4 is 0 Å². The number of alkyl halides is 1. The molecular weight excluding hydrogens is 460 g/mol. The summed E-state index contributed by atoms with van der Waals surface area (Å²) in [4.78, 5) is 0. The molecule has 0 amide bonds. The van der Waals surface area contributed by atoms with Gasteiger partial charge in [-0.15, -0.1) is 11.6 Å². The number of unbranched alkanes of at least 4 members (excludes halogenated alkanes) is 16. The Bertz CT molecular complexity index is 407. The van der Waals surface area contributed by atoms with Gasteiger partial charge in [0.05, 0.1) is 0 Å². The van der Waals surface area contributed by atoms with Crippen LogP contribution in [0, 0.1) is 0 Å². The van der Waals surface area contributed by atoms with Crippen molar-refractivity contribution in [1.29, 1.82) is 0 Å². The third-order valence-electron chi connectivity index (χ3n) is 7.22. The summed E-state index contributed by atoms with van der Waals surface area (Å²) in [7, 11) is -2.77. The van der Waals surface area contributed by atoms with Gasteiger partial charge in [-0.1, -0.05) is 123 Å². The van der Waals surface area contributed by atoms with E-state index < -0.39 is 8.80 Å². The van der Waals surface area contributed by atoms with E-state index in [9.17, 15) is 0 Å². The lowest BCUT2D eigenvalue weighted by atomic mass is 9.98. The fourth-order valence-corrected chi connectivity index (χ4v) is 9.02. The van der Waals surface area contributed by atoms with Gasteiger partial charge in [0.2, 0.25) is 0 Å². The molecule has 0 aliphatic rings. The van der Waals surface area contributed by atoms with Crippen LogP contribution in [0.3, 0.4) is 0 Å². The Kier molecular flexibility index (Phi) is 24.0. The van der Waals surface area contributed by atoms with Gasteiger partial charge < -0.3 is 13.3 Å². The average molecular weight is 521 g/mol. The molecule has 0 bridgehead atoms. The molecule has 0 aromatic rings. The van der Waals surface area contributed by atoms with Crippen molar-refractivity contribution in [2.45, 2.75) is 162 Å². The SMILES string of the molecule is CCCCCCCCCCCCCCCCCCCC(C)(CCCl)[Si](OCC)(OCC)OCC. The highest BCUT2D eigenvalue weighted by atomic mass is 35.5. The highest BCUT2D eigenvalue weighted by Crippen LogP contribution is 2.48. The number of halogens is 1. The van der Waals surface area contributed by atoms with Crippen LogP contribution >= 0.6 is 11.6 Å². The van der Waals surface area contributed by atoms with Crippen LogP contribution in [0.5, 0.6) is 0 Å². The highest BCUT2D eigenvalue weighted by Gasteiger charge is 2.57. The molecule has 0 aromatic carbocycles. The summed E-state index contributed by atoms with van der Waals surface area (Å²) in [6.45, 7) is 12.6. The minimum absolute atomic E-state index is 0.105. The Morgan fingerprint density at radius 2 is 0.824 bits per heavy atom. The lowest BCUT2D eigenvalue weighted by molar-refractivity contribution is 0.0421. The monoisotopic (exact) mass is 520 g/mol. The van der Waals surface area contributed by atoms with Crippen molar-refractivity contribution in [3.63, 3.8) is 0 Å². The van der Waals surface area contributed by atoms with E-state index in [-0.39, 0.29) is 5.04 Å². The van der Waals surface area contributed by atoms with Gasteiger partial charge in [0, 0.05) is 30.7 Å². The Balaban J connectivity index is 3.96. The molecule has 1 atom stereocenters. The maximum atomic E-state index is 6.25. The normalized spacial score (nSPS) is 13.9. The van der Waals surface area contributed by atoms with E-state index in [4.69, 9.17) is 24.9 Å². The summed E-state index contributed by atoms with van der Waals surface area (Å²) in [5.74, 6) is 0.622. The molecule has 206 valence electrons. The van der Waals surface area contributed by atoms with Crippen LogP contribution in [0.2, 0.25) is 5.04 Å². The molecule has 5 heteroatoms. The molecule has 0 aromatic heterocycles. The predicted octanol–water partition coefficient (Wildman–Crippen LogP) is 10.5. The first-order chi connectivity index (χ1) is 16.6. The van der Waals surface area contributed by atoms with Crippen LogP contribution in [0.1, 0.15) is 157 Å². The summed E-state index contributed by atoms with van der Waals surface area (Å²) >= 11 is 6.23. The van der Waals surface area contributed by atoms with Crippen LogP contribution in [-0.2, 0) is 13.3 Å². The molecule has 0 rings (SSSR count). The molecule has 0 spiro atoms. The zero-order valence-corrected chi connectivity index (χ0v) is 25.6. The Labute approximate surface area is 220 Å². The maximum Gasteiger partial charge on any atom is 0.507 e. The first-order valence-corrected chi connectivity index (χ1v) is 17.3. The largest absolute Gasteiger partial charge is 0.507 e. The molecule has 1 unspecified atom stereocenters. The van der Waals surface area contributed by atoms with Gasteiger partial charge >= 0.3 is 8.80 Å². The summed E-state index contributed by atoms with van der Waals surface area (Å²) in [6, 6.07) is 0. The van der Waals surface area contributed by atoms with Gasteiger partial charge in [-0.05, 0) is 33.6 Å². The van der Waals surface area contributed by atoms with Crippen molar-refractivity contribution in [2.75, 3.05) is 25.7 Å². The molecule has 0 heterocycles. The molecular formula is C29H61ClO3Si. The molecule has 3 nitrogen and oxygen atoms in total. The molecule has 34 heavy (non-hydrogen) atoms. The lowest BCUT2D eigenvalue weighted by Gasteiger charge is -2.43. The molecule has 0 radical (unpaired) electrons. The zero-order valence-electron chi connectivity index (χ0n) is 23.9. The maximum absolute atomic E-state index is 6.25. The van der Waals surface area contributed by atoms with Gasteiger partial charge in [0.1, 0.15) is 0 Å². The Morgan fingerprint density at radius 3 is 1.12 bits per heavy atom. The quantitative estimate of drug-likeness (QED) is 0.0612. The molecule has 0 fully saturated rings. The summed E-state index contributed by atoms with van der Waals surface area (Å²) in [6.07, 6.45) is 25.8. The summed E-state index contributed by atoms with van der Waals surface area (Å²) in [5.41, 5.74) is 0. The second-order valence-corrected chi connectivity index (χ2v) is 13.8.